The maximum atomic E-state index is 11.6. The van der Waals surface area contributed by atoms with E-state index in [0.29, 0.717) is 18.9 Å². The van der Waals surface area contributed by atoms with Gasteiger partial charge in [0.05, 0.1) is 6.61 Å². The van der Waals surface area contributed by atoms with Gasteiger partial charge < -0.3 is 4.74 Å². The van der Waals surface area contributed by atoms with Gasteiger partial charge in [0, 0.05) is 28.6 Å². The van der Waals surface area contributed by atoms with Crippen LogP contribution in [0.1, 0.15) is 33.8 Å². The minimum atomic E-state index is 0.262. The molecule has 2 aliphatic rings. The average molecular weight is 296 g/mol. The second kappa shape index (κ2) is 5.23. The molecule has 2 nitrogen and oxygen atoms in total. The van der Waals surface area contributed by atoms with Crippen LogP contribution in [0.2, 0.25) is 0 Å². The molecule has 0 aromatic heterocycles. The fourth-order valence-electron chi connectivity index (χ4n) is 3.09. The Morgan fingerprint density at radius 3 is 3.00 bits per heavy atom. The molecule has 1 unspecified atom stereocenters. The Hall–Kier alpha value is -1.74. The Morgan fingerprint density at radius 1 is 1.14 bits per heavy atom. The van der Waals surface area contributed by atoms with E-state index in [1.165, 1.54) is 10.5 Å². The molecule has 0 bridgehead atoms. The molecular weight excluding hydrogens is 280 g/mol. The van der Waals surface area contributed by atoms with Crippen molar-refractivity contribution in [3.05, 3.63) is 59.2 Å². The first-order chi connectivity index (χ1) is 10.3. The van der Waals surface area contributed by atoms with E-state index in [4.69, 9.17) is 4.74 Å². The molecule has 2 aromatic rings. The molecule has 0 amide bonds. The maximum Gasteiger partial charge on any atom is 0.163 e. The number of ketones is 1. The van der Waals surface area contributed by atoms with Crippen LogP contribution in [0.3, 0.4) is 0 Å². The molecule has 0 radical (unpaired) electrons. The van der Waals surface area contributed by atoms with E-state index in [1.807, 2.05) is 30.0 Å². The van der Waals surface area contributed by atoms with Crippen molar-refractivity contribution in [2.45, 2.75) is 23.7 Å². The van der Waals surface area contributed by atoms with Gasteiger partial charge in [0.25, 0.3) is 0 Å². The Morgan fingerprint density at radius 2 is 2.05 bits per heavy atom. The van der Waals surface area contributed by atoms with Gasteiger partial charge in [-0.15, -0.1) is 11.8 Å². The second-order valence-corrected chi connectivity index (χ2v) is 6.66. The number of thioether (sulfide) groups is 1. The summed E-state index contributed by atoms with van der Waals surface area (Å²) < 4.78 is 5.98. The molecule has 0 N–H and O–H groups in total. The van der Waals surface area contributed by atoms with Gasteiger partial charge in [0.15, 0.2) is 5.78 Å². The summed E-state index contributed by atoms with van der Waals surface area (Å²) in [7, 11) is 0. The first kappa shape index (κ1) is 13.0. The van der Waals surface area contributed by atoms with Crippen molar-refractivity contribution in [3.63, 3.8) is 0 Å². The van der Waals surface area contributed by atoms with Crippen LogP contribution in [0.15, 0.2) is 47.4 Å². The highest BCUT2D eigenvalue weighted by molar-refractivity contribution is 7.99. The van der Waals surface area contributed by atoms with E-state index < -0.39 is 0 Å². The predicted octanol–water partition coefficient (Wildman–Crippen LogP) is 4.08. The van der Waals surface area contributed by atoms with Crippen LogP contribution < -0.4 is 4.74 Å². The Balaban J connectivity index is 1.48. The van der Waals surface area contributed by atoms with E-state index in [0.717, 1.165) is 29.1 Å². The highest BCUT2D eigenvalue weighted by Crippen LogP contribution is 2.39. The highest BCUT2D eigenvalue weighted by Gasteiger charge is 2.24. The van der Waals surface area contributed by atoms with Crippen molar-refractivity contribution in [1.82, 2.24) is 0 Å². The van der Waals surface area contributed by atoms with Crippen molar-refractivity contribution >= 4 is 17.5 Å². The van der Waals surface area contributed by atoms with E-state index in [2.05, 4.69) is 24.3 Å². The fraction of sp³-hybridized carbons (Fsp3) is 0.278. The molecule has 106 valence electrons. The molecule has 0 fully saturated rings. The molecular formula is C18H16O2S. The highest BCUT2D eigenvalue weighted by atomic mass is 32.2. The van der Waals surface area contributed by atoms with Gasteiger partial charge in [-0.2, -0.15) is 0 Å². The molecule has 1 aliphatic carbocycles. The standard InChI is InChI=1S/C18H16O2S/c19-17-8-5-12-9-14(6-7-15(12)17)20-10-13-11-21-18-4-2-1-3-16(13)18/h1-4,6-7,9,13H,5,8,10-11H2. The summed E-state index contributed by atoms with van der Waals surface area (Å²) in [5.41, 5.74) is 3.42. The number of aryl methyl sites for hydroxylation is 1. The number of hydrogen-bond acceptors (Lipinski definition) is 3. The Bertz CT molecular complexity index is 708. The van der Waals surface area contributed by atoms with E-state index >= 15 is 0 Å². The van der Waals surface area contributed by atoms with Gasteiger partial charge in [-0.1, -0.05) is 18.2 Å². The summed E-state index contributed by atoms with van der Waals surface area (Å²) >= 11 is 1.91. The largest absolute Gasteiger partial charge is 0.493 e. The molecule has 21 heavy (non-hydrogen) atoms. The van der Waals surface area contributed by atoms with E-state index in [9.17, 15) is 4.79 Å². The Kier molecular flexibility index (Phi) is 3.23. The van der Waals surface area contributed by atoms with Crippen molar-refractivity contribution in [3.8, 4) is 5.75 Å². The van der Waals surface area contributed by atoms with Gasteiger partial charge in [0.1, 0.15) is 5.75 Å². The Labute approximate surface area is 128 Å². The summed E-state index contributed by atoms with van der Waals surface area (Å²) in [6.07, 6.45) is 1.50. The number of hydrogen-bond donors (Lipinski definition) is 0. The zero-order valence-electron chi connectivity index (χ0n) is 11.7. The molecule has 0 spiro atoms. The zero-order chi connectivity index (χ0) is 14.2. The lowest BCUT2D eigenvalue weighted by atomic mass is 10.0. The van der Waals surface area contributed by atoms with Crippen LogP contribution in [0.5, 0.6) is 5.75 Å². The lowest BCUT2D eigenvalue weighted by Gasteiger charge is -2.13. The molecule has 4 rings (SSSR count). The lowest BCUT2D eigenvalue weighted by Crippen LogP contribution is -2.09. The molecule has 0 saturated heterocycles. The normalized spacial score (nSPS) is 19.4. The van der Waals surface area contributed by atoms with Crippen molar-refractivity contribution < 1.29 is 9.53 Å². The SMILES string of the molecule is O=C1CCc2cc(OCC3CSc4ccccc43)ccc21. The third kappa shape index (κ3) is 2.36. The summed E-state index contributed by atoms with van der Waals surface area (Å²) in [6, 6.07) is 14.4. The number of fused-ring (bicyclic) bond motifs is 2. The quantitative estimate of drug-likeness (QED) is 0.853. The minimum absolute atomic E-state index is 0.262. The summed E-state index contributed by atoms with van der Waals surface area (Å²) in [5.74, 6) is 2.69. The topological polar surface area (TPSA) is 26.3 Å². The van der Waals surface area contributed by atoms with Crippen molar-refractivity contribution in [1.29, 1.82) is 0 Å². The lowest BCUT2D eigenvalue weighted by molar-refractivity contribution is 0.0994. The monoisotopic (exact) mass is 296 g/mol. The summed E-state index contributed by atoms with van der Waals surface area (Å²) in [6.45, 7) is 0.705. The van der Waals surface area contributed by atoms with Gasteiger partial charge in [-0.05, 0) is 41.8 Å². The molecule has 1 heterocycles. The number of ether oxygens (including phenoxy) is 1. The van der Waals surface area contributed by atoms with Crippen LogP contribution in [0.25, 0.3) is 0 Å². The zero-order valence-corrected chi connectivity index (χ0v) is 12.5. The first-order valence-corrected chi connectivity index (χ1v) is 8.30. The second-order valence-electron chi connectivity index (χ2n) is 5.60. The third-order valence-electron chi connectivity index (χ3n) is 4.25. The first-order valence-electron chi connectivity index (χ1n) is 7.32. The van der Waals surface area contributed by atoms with Crippen LogP contribution in [-0.4, -0.2) is 18.1 Å². The van der Waals surface area contributed by atoms with Crippen molar-refractivity contribution in [2.75, 3.05) is 12.4 Å². The average Bonchev–Trinajstić information content (AvgIpc) is 3.09. The van der Waals surface area contributed by atoms with Gasteiger partial charge in [0.2, 0.25) is 0 Å². The number of carbonyl (C=O) groups excluding carboxylic acids is 1. The van der Waals surface area contributed by atoms with Crippen molar-refractivity contribution in [2.24, 2.45) is 0 Å². The van der Waals surface area contributed by atoms with E-state index in [-0.39, 0.29) is 5.78 Å². The summed E-state index contributed by atoms with van der Waals surface area (Å²) in [4.78, 5) is 13.0. The minimum Gasteiger partial charge on any atom is -0.493 e. The fourth-order valence-corrected chi connectivity index (χ4v) is 4.32. The molecule has 0 saturated carbocycles. The molecule has 2 aromatic carbocycles. The predicted molar refractivity (Wildman–Crippen MR) is 84.5 cm³/mol. The van der Waals surface area contributed by atoms with Gasteiger partial charge in [-0.3, -0.25) is 4.79 Å². The van der Waals surface area contributed by atoms with Crippen LogP contribution >= 0.6 is 11.8 Å². The summed E-state index contributed by atoms with van der Waals surface area (Å²) in [5, 5.41) is 0. The van der Waals surface area contributed by atoms with Crippen LogP contribution in [-0.2, 0) is 6.42 Å². The number of Topliss-reactive ketones (excluding diaryl/α,β-unsaturated/α-hetero) is 1. The number of carbonyl (C=O) groups is 1. The molecule has 3 heteroatoms. The smallest absolute Gasteiger partial charge is 0.163 e. The van der Waals surface area contributed by atoms with E-state index in [1.54, 1.807) is 0 Å². The van der Waals surface area contributed by atoms with Gasteiger partial charge >= 0.3 is 0 Å². The molecule has 1 aliphatic heterocycles. The number of rotatable bonds is 3. The number of benzene rings is 2. The third-order valence-corrected chi connectivity index (χ3v) is 5.50. The maximum absolute atomic E-state index is 11.6. The van der Waals surface area contributed by atoms with Crippen LogP contribution in [0.4, 0.5) is 0 Å². The molecule has 1 atom stereocenters. The van der Waals surface area contributed by atoms with Crippen LogP contribution in [0, 0.1) is 0 Å². The van der Waals surface area contributed by atoms with Gasteiger partial charge in [-0.25, -0.2) is 0 Å².